The third-order valence-corrected chi connectivity index (χ3v) is 6.36. The first-order chi connectivity index (χ1) is 8.45. The highest BCUT2D eigenvalue weighted by Gasteiger charge is 2.32. The van der Waals surface area contributed by atoms with Gasteiger partial charge in [-0.1, -0.05) is 33.6 Å². The van der Waals surface area contributed by atoms with Crippen LogP contribution >= 0.6 is 15.9 Å². The molecule has 1 fully saturated rings. The molecule has 1 saturated heterocycles. The Hall–Kier alpha value is -0.390. The third-order valence-electron chi connectivity index (χ3n) is 3.42. The summed E-state index contributed by atoms with van der Waals surface area (Å²) < 4.78 is 26.7. The van der Waals surface area contributed by atoms with E-state index in [1.807, 2.05) is 26.0 Å². The monoisotopic (exact) mass is 331 g/mol. The second kappa shape index (κ2) is 5.31. The second-order valence-electron chi connectivity index (χ2n) is 4.94. The Morgan fingerprint density at radius 3 is 2.67 bits per heavy atom. The van der Waals surface area contributed by atoms with Gasteiger partial charge in [0.2, 0.25) is 10.0 Å². The highest BCUT2D eigenvalue weighted by atomic mass is 79.9. The maximum atomic E-state index is 12.5. The molecule has 1 heterocycles. The van der Waals surface area contributed by atoms with E-state index in [1.54, 1.807) is 10.4 Å². The van der Waals surface area contributed by atoms with Crippen LogP contribution in [-0.2, 0) is 10.0 Å². The Kier molecular flexibility index (Phi) is 4.14. The van der Waals surface area contributed by atoms with Crippen LogP contribution in [0.3, 0.4) is 0 Å². The molecule has 1 aliphatic heterocycles. The number of halogens is 1. The molecule has 0 bridgehead atoms. The van der Waals surface area contributed by atoms with Crippen molar-refractivity contribution in [1.29, 1.82) is 0 Å². The molecule has 0 saturated carbocycles. The van der Waals surface area contributed by atoms with E-state index in [4.69, 9.17) is 0 Å². The molecule has 3 nitrogen and oxygen atoms in total. The molecular weight excluding hydrogens is 314 g/mol. The zero-order chi connectivity index (χ0) is 13.3. The molecule has 2 rings (SSSR count). The summed E-state index contributed by atoms with van der Waals surface area (Å²) in [6, 6.07) is 5.50. The maximum Gasteiger partial charge on any atom is 0.243 e. The van der Waals surface area contributed by atoms with Gasteiger partial charge in [-0.15, -0.1) is 0 Å². The van der Waals surface area contributed by atoms with Gasteiger partial charge in [0.25, 0.3) is 0 Å². The van der Waals surface area contributed by atoms with Gasteiger partial charge in [0, 0.05) is 18.4 Å². The van der Waals surface area contributed by atoms with E-state index in [1.165, 1.54) is 0 Å². The average Bonchev–Trinajstić information content (AvgIpc) is 2.77. The molecule has 1 atom stereocenters. The highest BCUT2D eigenvalue weighted by molar-refractivity contribution is 9.09. The summed E-state index contributed by atoms with van der Waals surface area (Å²) >= 11 is 3.43. The lowest BCUT2D eigenvalue weighted by atomic mass is 10.2. The van der Waals surface area contributed by atoms with Gasteiger partial charge in [-0.3, -0.25) is 0 Å². The molecule has 0 aliphatic carbocycles. The Labute approximate surface area is 117 Å². The van der Waals surface area contributed by atoms with Crippen molar-refractivity contribution in [2.24, 2.45) is 5.92 Å². The van der Waals surface area contributed by atoms with Crippen LogP contribution in [0, 0.1) is 19.8 Å². The summed E-state index contributed by atoms with van der Waals surface area (Å²) in [5.41, 5.74) is 1.92. The van der Waals surface area contributed by atoms with Crippen molar-refractivity contribution in [3.8, 4) is 0 Å². The summed E-state index contributed by atoms with van der Waals surface area (Å²) in [6.07, 6.45) is 0.940. The fraction of sp³-hybridized carbons (Fsp3) is 0.538. The Bertz CT molecular complexity index is 542. The topological polar surface area (TPSA) is 37.4 Å². The first kappa shape index (κ1) is 14.0. The lowest BCUT2D eigenvalue weighted by molar-refractivity contribution is 0.465. The number of alkyl halides is 1. The van der Waals surface area contributed by atoms with Gasteiger partial charge >= 0.3 is 0 Å². The van der Waals surface area contributed by atoms with Crippen LogP contribution in [0.2, 0.25) is 0 Å². The fourth-order valence-corrected chi connectivity index (χ4v) is 4.63. The maximum absolute atomic E-state index is 12.5. The van der Waals surface area contributed by atoms with Crippen LogP contribution in [0.25, 0.3) is 0 Å². The number of sulfonamides is 1. The number of hydrogen-bond donors (Lipinski definition) is 0. The van der Waals surface area contributed by atoms with Gasteiger partial charge in [-0.05, 0) is 37.8 Å². The van der Waals surface area contributed by atoms with E-state index in [0.29, 0.717) is 23.9 Å². The second-order valence-corrected chi connectivity index (χ2v) is 7.49. The normalized spacial score (nSPS) is 21.4. The number of hydrogen-bond acceptors (Lipinski definition) is 2. The van der Waals surface area contributed by atoms with E-state index in [-0.39, 0.29) is 0 Å². The van der Waals surface area contributed by atoms with Crippen LogP contribution in [0.15, 0.2) is 23.1 Å². The van der Waals surface area contributed by atoms with Crippen molar-refractivity contribution < 1.29 is 8.42 Å². The minimum atomic E-state index is -3.32. The number of benzene rings is 1. The lowest BCUT2D eigenvalue weighted by Crippen LogP contribution is -2.29. The van der Waals surface area contributed by atoms with Crippen molar-refractivity contribution in [1.82, 2.24) is 4.31 Å². The van der Waals surface area contributed by atoms with Crippen molar-refractivity contribution in [3.05, 3.63) is 29.3 Å². The molecule has 1 aliphatic rings. The van der Waals surface area contributed by atoms with Crippen LogP contribution in [0.4, 0.5) is 0 Å². The summed E-state index contributed by atoms with van der Waals surface area (Å²) in [6.45, 7) is 5.09. The zero-order valence-electron chi connectivity index (χ0n) is 10.7. The summed E-state index contributed by atoms with van der Waals surface area (Å²) in [5.74, 6) is 0.436. The Morgan fingerprint density at radius 1 is 1.39 bits per heavy atom. The highest BCUT2D eigenvalue weighted by Crippen LogP contribution is 2.27. The van der Waals surface area contributed by atoms with Gasteiger partial charge in [0.1, 0.15) is 0 Å². The van der Waals surface area contributed by atoms with E-state index in [9.17, 15) is 8.42 Å². The van der Waals surface area contributed by atoms with Gasteiger partial charge in [0.15, 0.2) is 0 Å². The molecule has 1 aromatic carbocycles. The Balaban J connectivity index is 2.31. The largest absolute Gasteiger partial charge is 0.243 e. The summed E-state index contributed by atoms with van der Waals surface area (Å²) in [4.78, 5) is 0.448. The number of aryl methyl sites for hydroxylation is 2. The minimum Gasteiger partial charge on any atom is -0.207 e. The van der Waals surface area contributed by atoms with Crippen LogP contribution < -0.4 is 0 Å². The van der Waals surface area contributed by atoms with E-state index >= 15 is 0 Å². The van der Waals surface area contributed by atoms with Gasteiger partial charge in [0.05, 0.1) is 4.90 Å². The molecule has 0 aromatic heterocycles. The van der Waals surface area contributed by atoms with E-state index < -0.39 is 10.0 Å². The van der Waals surface area contributed by atoms with Crippen molar-refractivity contribution in [2.45, 2.75) is 25.2 Å². The quantitative estimate of drug-likeness (QED) is 0.798. The average molecular weight is 332 g/mol. The third kappa shape index (κ3) is 2.63. The molecule has 0 spiro atoms. The molecule has 1 aromatic rings. The molecule has 0 amide bonds. The SMILES string of the molecule is Cc1ccc(S(=O)(=O)N2CCC(CBr)C2)c(C)c1. The van der Waals surface area contributed by atoms with Crippen molar-refractivity contribution >= 4 is 26.0 Å². The van der Waals surface area contributed by atoms with E-state index in [0.717, 1.165) is 22.9 Å². The van der Waals surface area contributed by atoms with Gasteiger partial charge < -0.3 is 0 Å². The minimum absolute atomic E-state index is 0.436. The van der Waals surface area contributed by atoms with Gasteiger partial charge in [-0.25, -0.2) is 8.42 Å². The predicted octanol–water partition coefficient (Wildman–Crippen LogP) is 2.71. The van der Waals surface area contributed by atoms with Crippen LogP contribution in [0.5, 0.6) is 0 Å². The molecular formula is C13H18BrNO2S. The summed E-state index contributed by atoms with van der Waals surface area (Å²) in [7, 11) is -3.32. The molecule has 0 radical (unpaired) electrons. The first-order valence-electron chi connectivity index (χ1n) is 6.08. The number of rotatable bonds is 3. The smallest absolute Gasteiger partial charge is 0.207 e. The fourth-order valence-electron chi connectivity index (χ4n) is 2.37. The van der Waals surface area contributed by atoms with Crippen LogP contribution in [0.1, 0.15) is 17.5 Å². The van der Waals surface area contributed by atoms with Gasteiger partial charge in [-0.2, -0.15) is 4.31 Å². The molecule has 18 heavy (non-hydrogen) atoms. The molecule has 100 valence electrons. The van der Waals surface area contributed by atoms with Crippen molar-refractivity contribution in [3.63, 3.8) is 0 Å². The molecule has 1 unspecified atom stereocenters. The summed E-state index contributed by atoms with van der Waals surface area (Å²) in [5, 5.41) is 0.867. The van der Waals surface area contributed by atoms with E-state index in [2.05, 4.69) is 15.9 Å². The van der Waals surface area contributed by atoms with Crippen LogP contribution in [-0.4, -0.2) is 31.1 Å². The standard InChI is InChI=1S/C13H18BrNO2S/c1-10-3-4-13(11(2)7-10)18(16,17)15-6-5-12(8-14)9-15/h3-4,7,12H,5-6,8-9H2,1-2H3. The van der Waals surface area contributed by atoms with Crippen molar-refractivity contribution in [2.75, 3.05) is 18.4 Å². The number of nitrogens with zero attached hydrogens (tertiary/aromatic N) is 1. The molecule has 0 N–H and O–H groups in total. The zero-order valence-corrected chi connectivity index (χ0v) is 13.1. The Morgan fingerprint density at radius 2 is 2.11 bits per heavy atom. The first-order valence-corrected chi connectivity index (χ1v) is 8.64. The predicted molar refractivity (Wildman–Crippen MR) is 76.6 cm³/mol. The molecule has 5 heteroatoms. The lowest BCUT2D eigenvalue weighted by Gasteiger charge is -2.18.